The Morgan fingerprint density at radius 2 is 1.33 bits per heavy atom. The number of amides is 1. The van der Waals surface area contributed by atoms with Gasteiger partial charge in [0, 0.05) is 13.6 Å². The molecule has 0 unspecified atom stereocenters. The van der Waals surface area contributed by atoms with Gasteiger partial charge in [-0.2, -0.15) is 0 Å². The molecule has 0 saturated carbocycles. The van der Waals surface area contributed by atoms with Gasteiger partial charge in [0.1, 0.15) is 0 Å². The molecule has 0 rings (SSSR count). The topological polar surface area (TPSA) is 20.3 Å². The van der Waals surface area contributed by atoms with E-state index in [2.05, 4.69) is 6.92 Å². The van der Waals surface area contributed by atoms with Crippen molar-refractivity contribution in [2.45, 2.75) is 64.7 Å². The molecule has 0 spiro atoms. The fraction of sp³-hybridized carbons (Fsp3) is 0.923. The summed E-state index contributed by atoms with van der Waals surface area (Å²) >= 11 is 0. The zero-order valence-electron chi connectivity index (χ0n) is 10.4. The van der Waals surface area contributed by atoms with Crippen LogP contribution in [-0.2, 0) is 4.79 Å². The van der Waals surface area contributed by atoms with Crippen LogP contribution in [0.15, 0.2) is 0 Å². The number of unbranched alkanes of at least 4 members (excludes halogenated alkanes) is 8. The van der Waals surface area contributed by atoms with Crippen molar-refractivity contribution in [2.24, 2.45) is 0 Å². The molecule has 0 N–H and O–H groups in total. The Balaban J connectivity index is 2.95. The van der Waals surface area contributed by atoms with Crippen molar-refractivity contribution in [1.82, 2.24) is 4.90 Å². The molecule has 1 radical (unpaired) electrons. The maximum absolute atomic E-state index is 10.2. The number of carbonyl (C=O) groups excluding carboxylic acids is 1. The summed E-state index contributed by atoms with van der Waals surface area (Å²) < 4.78 is 0. The van der Waals surface area contributed by atoms with Gasteiger partial charge in [-0.25, -0.2) is 0 Å². The number of nitrogens with zero attached hydrogens (tertiary/aromatic N) is 1. The quantitative estimate of drug-likeness (QED) is 0.379. The van der Waals surface area contributed by atoms with Crippen molar-refractivity contribution < 1.29 is 4.79 Å². The zero-order chi connectivity index (χ0) is 11.4. The molecule has 2 nitrogen and oxygen atoms in total. The van der Waals surface area contributed by atoms with Crippen molar-refractivity contribution in [3.8, 4) is 0 Å². The van der Waals surface area contributed by atoms with Crippen LogP contribution in [-0.4, -0.2) is 24.9 Å². The van der Waals surface area contributed by atoms with Gasteiger partial charge in [0.2, 0.25) is 0 Å². The van der Waals surface area contributed by atoms with Crippen LogP contribution in [0.3, 0.4) is 0 Å². The molecule has 0 fully saturated rings. The highest BCUT2D eigenvalue weighted by Gasteiger charge is 1.95. The van der Waals surface area contributed by atoms with Crippen molar-refractivity contribution in [1.29, 1.82) is 0 Å². The van der Waals surface area contributed by atoms with E-state index >= 15 is 0 Å². The highest BCUT2D eigenvalue weighted by molar-refractivity contribution is 5.47. The van der Waals surface area contributed by atoms with Crippen LogP contribution in [0, 0.1) is 0 Å². The molecule has 0 atom stereocenters. The number of hydrogen-bond donors (Lipinski definition) is 0. The van der Waals surface area contributed by atoms with Crippen molar-refractivity contribution in [3.63, 3.8) is 0 Å². The Morgan fingerprint density at radius 1 is 0.867 bits per heavy atom. The van der Waals surface area contributed by atoms with Crippen LogP contribution in [0.4, 0.5) is 0 Å². The maximum Gasteiger partial charge on any atom is 0.311 e. The molecule has 0 aliphatic heterocycles. The van der Waals surface area contributed by atoms with Crippen molar-refractivity contribution in [3.05, 3.63) is 0 Å². The van der Waals surface area contributed by atoms with Gasteiger partial charge in [0.05, 0.1) is 0 Å². The third kappa shape index (κ3) is 11.4. The Morgan fingerprint density at radius 3 is 1.80 bits per heavy atom. The molecule has 0 saturated heterocycles. The molecule has 0 aliphatic rings. The molecule has 0 aliphatic carbocycles. The van der Waals surface area contributed by atoms with Crippen LogP contribution in [0.2, 0.25) is 0 Å². The van der Waals surface area contributed by atoms with Gasteiger partial charge in [-0.1, -0.05) is 58.3 Å². The van der Waals surface area contributed by atoms with E-state index in [0.29, 0.717) is 0 Å². The summed E-state index contributed by atoms with van der Waals surface area (Å²) in [6, 6.07) is 0. The van der Waals surface area contributed by atoms with Gasteiger partial charge >= 0.3 is 6.41 Å². The highest BCUT2D eigenvalue weighted by atomic mass is 16.1. The minimum absolute atomic E-state index is 0.860. The normalized spacial score (nSPS) is 10.3. The number of rotatable bonds is 11. The fourth-order valence-corrected chi connectivity index (χ4v) is 1.71. The van der Waals surface area contributed by atoms with E-state index in [4.69, 9.17) is 0 Å². The molecule has 0 aromatic heterocycles. The van der Waals surface area contributed by atoms with Crippen molar-refractivity contribution in [2.75, 3.05) is 13.6 Å². The summed E-state index contributed by atoms with van der Waals surface area (Å²) in [7, 11) is 1.79. The largest absolute Gasteiger partial charge is 0.338 e. The van der Waals surface area contributed by atoms with Crippen LogP contribution in [0.25, 0.3) is 0 Å². The Hall–Kier alpha value is -0.530. The molecular weight excluding hydrogens is 186 g/mol. The van der Waals surface area contributed by atoms with Gasteiger partial charge in [-0.05, 0) is 6.42 Å². The minimum atomic E-state index is 0.860. The lowest BCUT2D eigenvalue weighted by Gasteiger charge is -2.08. The van der Waals surface area contributed by atoms with Gasteiger partial charge in [0.25, 0.3) is 0 Å². The van der Waals surface area contributed by atoms with E-state index in [9.17, 15) is 4.79 Å². The Bertz CT molecular complexity index is 136. The SMILES string of the molecule is CCCCCCCCCCCN(C)[C]=O. The second-order valence-electron chi connectivity index (χ2n) is 4.34. The lowest BCUT2D eigenvalue weighted by atomic mass is 10.1. The average molecular weight is 212 g/mol. The van der Waals surface area contributed by atoms with Crippen LogP contribution in [0.1, 0.15) is 64.7 Å². The minimum Gasteiger partial charge on any atom is -0.338 e. The van der Waals surface area contributed by atoms with E-state index in [1.54, 1.807) is 11.9 Å². The predicted molar refractivity (Wildman–Crippen MR) is 65.6 cm³/mol. The molecule has 0 aromatic carbocycles. The van der Waals surface area contributed by atoms with Gasteiger partial charge in [-0.15, -0.1) is 0 Å². The predicted octanol–water partition coefficient (Wildman–Crippen LogP) is 3.52. The molecule has 89 valence electrons. The second-order valence-corrected chi connectivity index (χ2v) is 4.34. The van der Waals surface area contributed by atoms with E-state index in [-0.39, 0.29) is 0 Å². The first-order valence-electron chi connectivity index (χ1n) is 6.40. The smallest absolute Gasteiger partial charge is 0.311 e. The summed E-state index contributed by atoms with van der Waals surface area (Å²) in [6.45, 7) is 3.11. The molecule has 0 aromatic rings. The molecular formula is C13H26NO. The summed E-state index contributed by atoms with van der Waals surface area (Å²) in [5, 5.41) is 0. The lowest BCUT2D eigenvalue weighted by Crippen LogP contribution is -2.16. The van der Waals surface area contributed by atoms with Crippen molar-refractivity contribution >= 4 is 6.41 Å². The monoisotopic (exact) mass is 212 g/mol. The molecule has 0 heterocycles. The third-order valence-electron chi connectivity index (χ3n) is 2.75. The summed E-state index contributed by atoms with van der Waals surface area (Å²) in [4.78, 5) is 11.8. The fourth-order valence-electron chi connectivity index (χ4n) is 1.71. The van der Waals surface area contributed by atoms with Crippen LogP contribution in [0.5, 0.6) is 0 Å². The van der Waals surface area contributed by atoms with E-state index < -0.39 is 0 Å². The molecule has 2 heteroatoms. The number of hydrogen-bond acceptors (Lipinski definition) is 1. The second kappa shape index (κ2) is 11.5. The maximum atomic E-state index is 10.2. The highest BCUT2D eigenvalue weighted by Crippen LogP contribution is 2.09. The van der Waals surface area contributed by atoms with Crippen LogP contribution < -0.4 is 0 Å². The molecule has 15 heavy (non-hydrogen) atoms. The van der Waals surface area contributed by atoms with E-state index in [1.807, 2.05) is 6.41 Å². The zero-order valence-corrected chi connectivity index (χ0v) is 10.4. The average Bonchev–Trinajstić information content (AvgIpc) is 2.26. The van der Waals surface area contributed by atoms with E-state index in [1.165, 1.54) is 51.4 Å². The molecule has 0 bridgehead atoms. The van der Waals surface area contributed by atoms with Crippen LogP contribution >= 0.6 is 0 Å². The Labute approximate surface area is 95.0 Å². The van der Waals surface area contributed by atoms with Gasteiger partial charge in [0.15, 0.2) is 0 Å². The standard InChI is InChI=1S/C13H26NO/c1-3-4-5-6-7-8-9-10-11-12-14(2)13-15/h3-12H2,1-2H3. The van der Waals surface area contributed by atoms with Gasteiger partial charge in [-0.3, -0.25) is 4.79 Å². The summed E-state index contributed by atoms with van der Waals surface area (Å²) in [5.74, 6) is 0. The van der Waals surface area contributed by atoms with Gasteiger partial charge < -0.3 is 4.90 Å². The Kier molecular flexibility index (Phi) is 11.1. The summed E-state index contributed by atoms with van der Waals surface area (Å²) in [6.07, 6.45) is 13.8. The first kappa shape index (κ1) is 14.5. The first-order valence-corrected chi connectivity index (χ1v) is 6.40. The molecule has 1 amide bonds. The summed E-state index contributed by atoms with van der Waals surface area (Å²) in [5.41, 5.74) is 0. The first-order chi connectivity index (χ1) is 7.31. The van der Waals surface area contributed by atoms with E-state index in [0.717, 1.165) is 13.0 Å². The third-order valence-corrected chi connectivity index (χ3v) is 2.75. The lowest BCUT2D eigenvalue weighted by molar-refractivity contribution is 0.418.